The van der Waals surface area contributed by atoms with Crippen LogP contribution in [0.15, 0.2) is 54.6 Å². The Morgan fingerprint density at radius 1 is 1.08 bits per heavy atom. The zero-order valence-corrected chi connectivity index (χ0v) is 14.4. The lowest BCUT2D eigenvalue weighted by Gasteiger charge is -2.42. The Bertz CT molecular complexity index is 849. The Labute approximate surface area is 152 Å². The molecule has 4 rings (SSSR count). The predicted octanol–water partition coefficient (Wildman–Crippen LogP) is 3.14. The topological polar surface area (TPSA) is 70.0 Å². The summed E-state index contributed by atoms with van der Waals surface area (Å²) < 4.78 is 6.39. The summed E-state index contributed by atoms with van der Waals surface area (Å²) in [7, 11) is 0. The van der Waals surface area contributed by atoms with Crippen molar-refractivity contribution in [1.29, 1.82) is 0 Å². The third kappa shape index (κ3) is 3.18. The molecule has 2 N–H and O–H groups in total. The molecule has 0 atom stereocenters. The van der Waals surface area contributed by atoms with Gasteiger partial charge in [-0.2, -0.15) is 0 Å². The number of hydrogen-bond donors (Lipinski definition) is 2. The van der Waals surface area contributed by atoms with Gasteiger partial charge in [0.25, 0.3) is 0 Å². The van der Waals surface area contributed by atoms with Gasteiger partial charge in [0.2, 0.25) is 0 Å². The molecule has 5 heteroatoms. The van der Waals surface area contributed by atoms with Gasteiger partial charge in [0.15, 0.2) is 0 Å². The molecule has 26 heavy (non-hydrogen) atoms. The maximum atomic E-state index is 11.0. The number of carboxylic acids is 1. The zero-order valence-electron chi connectivity index (χ0n) is 14.4. The molecule has 2 aliphatic rings. The van der Waals surface area contributed by atoms with Gasteiger partial charge in [-0.15, -0.1) is 0 Å². The molecule has 0 aromatic heterocycles. The van der Waals surface area contributed by atoms with Crippen LogP contribution in [0, 0.1) is 0 Å². The first kappa shape index (κ1) is 16.7. The minimum absolute atomic E-state index is 0.0706. The number of likely N-dealkylation sites (tertiary alicyclic amines) is 1. The summed E-state index contributed by atoms with van der Waals surface area (Å²) in [6.07, 6.45) is 3.67. The van der Waals surface area contributed by atoms with E-state index in [-0.39, 0.29) is 12.3 Å². The fourth-order valence-electron chi connectivity index (χ4n) is 3.77. The number of piperidine rings is 1. The van der Waals surface area contributed by atoms with Crippen LogP contribution < -0.4 is 4.74 Å². The van der Waals surface area contributed by atoms with Crippen LogP contribution in [0.5, 0.6) is 11.5 Å². The summed E-state index contributed by atoms with van der Waals surface area (Å²) in [6.45, 7) is 1.45. The van der Waals surface area contributed by atoms with Gasteiger partial charge in [0.1, 0.15) is 17.1 Å². The van der Waals surface area contributed by atoms with E-state index in [2.05, 4.69) is 6.08 Å². The summed E-state index contributed by atoms with van der Waals surface area (Å²) in [5.74, 6) is 0.298. The average Bonchev–Trinajstić information content (AvgIpc) is 2.64. The van der Waals surface area contributed by atoms with Crippen molar-refractivity contribution in [3.8, 4) is 11.5 Å². The van der Waals surface area contributed by atoms with E-state index in [1.807, 2.05) is 41.3 Å². The van der Waals surface area contributed by atoms with E-state index in [0.717, 1.165) is 35.3 Å². The van der Waals surface area contributed by atoms with Crippen molar-refractivity contribution in [2.24, 2.45) is 0 Å². The fourth-order valence-corrected chi connectivity index (χ4v) is 3.77. The van der Waals surface area contributed by atoms with Gasteiger partial charge in [0, 0.05) is 31.5 Å². The van der Waals surface area contributed by atoms with E-state index >= 15 is 0 Å². The highest BCUT2D eigenvalue weighted by Gasteiger charge is 2.39. The molecule has 0 unspecified atom stereocenters. The van der Waals surface area contributed by atoms with E-state index in [1.54, 1.807) is 12.1 Å². The van der Waals surface area contributed by atoms with Crippen LogP contribution in [0.2, 0.25) is 0 Å². The molecule has 0 saturated carbocycles. The summed E-state index contributed by atoms with van der Waals surface area (Å²) in [6, 6.07) is 15.2. The first-order valence-electron chi connectivity index (χ1n) is 8.79. The molecule has 1 fully saturated rings. The zero-order chi connectivity index (χ0) is 18.1. The minimum atomic E-state index is -0.795. The Morgan fingerprint density at radius 2 is 1.77 bits per heavy atom. The molecule has 0 aliphatic carbocycles. The molecule has 0 radical (unpaired) electrons. The Kier molecular flexibility index (Phi) is 4.17. The normalized spacial score (nSPS) is 18.7. The van der Waals surface area contributed by atoms with Crippen LogP contribution in [0.1, 0.15) is 24.0 Å². The van der Waals surface area contributed by atoms with Crippen LogP contribution in [0.4, 0.5) is 0 Å². The van der Waals surface area contributed by atoms with Crippen LogP contribution in [0.25, 0.3) is 5.57 Å². The molecule has 2 aromatic carbocycles. The van der Waals surface area contributed by atoms with Crippen molar-refractivity contribution < 1.29 is 19.7 Å². The first-order chi connectivity index (χ1) is 12.5. The van der Waals surface area contributed by atoms with Gasteiger partial charge < -0.3 is 14.9 Å². The van der Waals surface area contributed by atoms with Gasteiger partial charge in [-0.3, -0.25) is 9.69 Å². The number of rotatable bonds is 3. The molecular weight excluding hydrogens is 330 g/mol. The number of phenolic OH excluding ortho intramolecular Hbond substituents is 1. The van der Waals surface area contributed by atoms with Gasteiger partial charge in [-0.25, -0.2) is 0 Å². The monoisotopic (exact) mass is 351 g/mol. The first-order valence-corrected chi connectivity index (χ1v) is 8.79. The van der Waals surface area contributed by atoms with Gasteiger partial charge >= 0.3 is 5.97 Å². The summed E-state index contributed by atoms with van der Waals surface area (Å²) in [4.78, 5) is 12.9. The number of phenols is 1. The smallest absolute Gasteiger partial charge is 0.317 e. The Balaban J connectivity index is 1.69. The number of aromatic hydroxyl groups is 1. The van der Waals surface area contributed by atoms with Crippen molar-refractivity contribution in [1.82, 2.24) is 4.90 Å². The second-order valence-corrected chi connectivity index (χ2v) is 6.94. The van der Waals surface area contributed by atoms with Gasteiger partial charge in [-0.05, 0) is 35.4 Å². The lowest BCUT2D eigenvalue weighted by Crippen LogP contribution is -2.49. The fraction of sp³-hybridized carbons (Fsp3) is 0.286. The highest BCUT2D eigenvalue weighted by Crippen LogP contribution is 2.43. The van der Waals surface area contributed by atoms with E-state index in [0.29, 0.717) is 13.1 Å². The van der Waals surface area contributed by atoms with E-state index in [4.69, 9.17) is 9.84 Å². The maximum Gasteiger partial charge on any atom is 0.317 e. The second-order valence-electron chi connectivity index (χ2n) is 6.94. The van der Waals surface area contributed by atoms with Gasteiger partial charge in [0.05, 0.1) is 6.54 Å². The number of carbonyl (C=O) groups is 1. The number of para-hydroxylation sites is 1. The quantitative estimate of drug-likeness (QED) is 0.889. The number of carboxylic acid groups (broad SMARTS) is 1. The van der Waals surface area contributed by atoms with E-state index < -0.39 is 11.6 Å². The van der Waals surface area contributed by atoms with Crippen molar-refractivity contribution in [3.63, 3.8) is 0 Å². The Hall–Kier alpha value is -2.79. The third-order valence-corrected chi connectivity index (χ3v) is 5.14. The molecule has 2 aliphatic heterocycles. The number of fused-ring (bicyclic) bond motifs is 1. The highest BCUT2D eigenvalue weighted by atomic mass is 16.5. The summed E-state index contributed by atoms with van der Waals surface area (Å²) in [5.41, 5.74) is 2.75. The number of nitrogens with zero attached hydrogens (tertiary/aromatic N) is 1. The number of ether oxygens (including phenoxy) is 1. The number of aliphatic carboxylic acids is 1. The molecule has 1 saturated heterocycles. The second kappa shape index (κ2) is 6.50. The number of benzene rings is 2. The van der Waals surface area contributed by atoms with E-state index in [1.165, 1.54) is 0 Å². The van der Waals surface area contributed by atoms with Crippen molar-refractivity contribution >= 4 is 11.5 Å². The van der Waals surface area contributed by atoms with Crippen LogP contribution in [0.3, 0.4) is 0 Å². The van der Waals surface area contributed by atoms with Crippen molar-refractivity contribution in [3.05, 3.63) is 65.7 Å². The standard InChI is InChI=1S/C21H21NO4/c23-16-7-5-15(6-8-16)18-13-21(26-19-4-2-1-3-17(18)19)9-11-22(12-10-21)14-20(24)25/h1-8,13,23H,9-12,14H2,(H,24,25). The molecule has 5 nitrogen and oxygen atoms in total. The van der Waals surface area contributed by atoms with E-state index in [9.17, 15) is 9.90 Å². The molecule has 2 heterocycles. The van der Waals surface area contributed by atoms with Crippen LogP contribution in [-0.4, -0.2) is 46.3 Å². The lowest BCUT2D eigenvalue weighted by atomic mass is 9.83. The predicted molar refractivity (Wildman–Crippen MR) is 98.3 cm³/mol. The largest absolute Gasteiger partial charge is 0.508 e. The molecule has 134 valence electrons. The average molecular weight is 351 g/mol. The lowest BCUT2D eigenvalue weighted by molar-refractivity contribution is -0.139. The molecule has 0 bridgehead atoms. The molecular formula is C21H21NO4. The van der Waals surface area contributed by atoms with Crippen molar-refractivity contribution in [2.75, 3.05) is 19.6 Å². The SMILES string of the molecule is O=C(O)CN1CCC2(C=C(c3ccc(O)cc3)c3ccccc3O2)CC1. The van der Waals surface area contributed by atoms with Crippen molar-refractivity contribution in [2.45, 2.75) is 18.4 Å². The number of hydrogen-bond acceptors (Lipinski definition) is 4. The molecule has 2 aromatic rings. The third-order valence-electron chi connectivity index (χ3n) is 5.14. The minimum Gasteiger partial charge on any atom is -0.508 e. The molecule has 1 spiro atoms. The summed E-state index contributed by atoms with van der Waals surface area (Å²) in [5, 5.41) is 18.6. The van der Waals surface area contributed by atoms with Crippen LogP contribution in [-0.2, 0) is 4.79 Å². The molecule has 0 amide bonds. The highest BCUT2D eigenvalue weighted by molar-refractivity contribution is 5.85. The maximum absolute atomic E-state index is 11.0. The van der Waals surface area contributed by atoms with Gasteiger partial charge in [-0.1, -0.05) is 30.3 Å². The Morgan fingerprint density at radius 3 is 2.46 bits per heavy atom. The van der Waals surface area contributed by atoms with Crippen LogP contribution >= 0.6 is 0 Å². The summed E-state index contributed by atoms with van der Waals surface area (Å²) >= 11 is 0.